The van der Waals surface area contributed by atoms with Gasteiger partial charge in [0, 0.05) is 46.5 Å². The van der Waals surface area contributed by atoms with Crippen molar-refractivity contribution in [2.24, 2.45) is 0 Å². The number of carbonyl (C=O) groups excluding carboxylic acids is 4. The number of carbonyl (C=O) groups is 5. The molecule has 1 saturated heterocycles. The minimum absolute atomic E-state index is 0.349. The van der Waals surface area contributed by atoms with E-state index in [4.69, 9.17) is 33.2 Å². The maximum Gasteiger partial charge on any atom is 0.339 e. The monoisotopic (exact) mass is 1080 g/mol. The molecule has 0 radical (unpaired) electrons. The van der Waals surface area contributed by atoms with Crippen LogP contribution in [-0.2, 0) is 23.7 Å². The van der Waals surface area contributed by atoms with Gasteiger partial charge in [-0.2, -0.15) is 0 Å². The van der Waals surface area contributed by atoms with Gasteiger partial charge in [-0.15, -0.1) is 0 Å². The number of benzene rings is 6. The smallest absolute Gasteiger partial charge is 0.339 e. The number of fused-ring (bicyclic) bond motifs is 9. The molecule has 30 heteroatoms. The predicted octanol–water partition coefficient (Wildman–Crippen LogP) is 2.77. The molecule has 6 aromatic carbocycles. The zero-order valence-corrected chi connectivity index (χ0v) is 37.6. The molecule has 1 fully saturated rings. The maximum absolute atomic E-state index is 14.7. The number of phenols is 17. The minimum atomic E-state index is -2.52. The van der Waals surface area contributed by atoms with Crippen molar-refractivity contribution < 1.29 is 149 Å². The SMILES string of the molecule is O=C(O)c1cc(O)c(O)c(O)c1Oc1cc2c(c(O)c1O)-c1c(cc(O)c(O)c1O)C(=O)O[C@H]1[C@@H]3OC(=O)c4cc(O)c(O)c(O)c4-c4c(cc(O)c(O)c4O)C(=O)O[C@H]3[C@@H](Oc3cc(O)c(O)c(O)c3)O[C@@H]1COC2=O. The molecule has 0 saturated carbocycles. The van der Waals surface area contributed by atoms with Crippen molar-refractivity contribution in [3.63, 3.8) is 0 Å². The van der Waals surface area contributed by atoms with Crippen molar-refractivity contribution in [1.82, 2.24) is 0 Å². The second-order valence-corrected chi connectivity index (χ2v) is 16.6. The Morgan fingerprint density at radius 2 is 0.818 bits per heavy atom. The van der Waals surface area contributed by atoms with Gasteiger partial charge in [-0.05, 0) is 18.2 Å². The highest BCUT2D eigenvalue weighted by molar-refractivity contribution is 6.10. The van der Waals surface area contributed by atoms with Crippen molar-refractivity contribution in [3.8, 4) is 137 Å². The van der Waals surface area contributed by atoms with Crippen LogP contribution in [0.15, 0.2) is 42.5 Å². The van der Waals surface area contributed by atoms with E-state index in [1.54, 1.807) is 0 Å². The molecule has 77 heavy (non-hydrogen) atoms. The number of cyclic esters (lactones) is 1. The summed E-state index contributed by atoms with van der Waals surface area (Å²) in [7, 11) is 0. The topological polar surface area (TPSA) is 514 Å². The van der Waals surface area contributed by atoms with Gasteiger partial charge in [-0.25, -0.2) is 24.0 Å². The fourth-order valence-electron chi connectivity index (χ4n) is 8.39. The first kappa shape index (κ1) is 50.8. The number of ether oxygens (including phenoxy) is 7. The zero-order chi connectivity index (χ0) is 56.1. The number of esters is 4. The molecule has 0 bridgehead atoms. The Morgan fingerprint density at radius 3 is 1.29 bits per heavy atom. The number of carboxylic acids is 1. The number of carboxylic acid groups (broad SMARTS) is 1. The normalized spacial score (nSPS) is 18.9. The third-order valence-electron chi connectivity index (χ3n) is 12.0. The molecule has 3 aliphatic rings. The summed E-state index contributed by atoms with van der Waals surface area (Å²) < 4.78 is 39.9. The van der Waals surface area contributed by atoms with E-state index < -0.39 is 232 Å². The molecule has 0 unspecified atom stereocenters. The third-order valence-corrected chi connectivity index (χ3v) is 12.0. The van der Waals surface area contributed by atoms with Crippen LogP contribution in [0.1, 0.15) is 51.8 Å². The number of hydrogen-bond acceptors (Lipinski definition) is 29. The quantitative estimate of drug-likeness (QED) is 0.0670. The number of rotatable bonds is 5. The van der Waals surface area contributed by atoms with Gasteiger partial charge in [0.05, 0.1) is 22.3 Å². The van der Waals surface area contributed by atoms with Crippen LogP contribution in [0.5, 0.6) is 115 Å². The fraction of sp³-hybridized carbons (Fsp3) is 0.128. The summed E-state index contributed by atoms with van der Waals surface area (Å²) in [6.07, 6.45) is -12.1. The predicted molar refractivity (Wildman–Crippen MR) is 239 cm³/mol. The molecule has 3 heterocycles. The number of phenolic OH excluding ortho intramolecular Hbond substituents is 17. The molecule has 0 aliphatic carbocycles. The highest BCUT2D eigenvalue weighted by atomic mass is 16.7. The molecule has 0 amide bonds. The Morgan fingerprint density at radius 1 is 0.429 bits per heavy atom. The molecule has 18 N–H and O–H groups in total. The van der Waals surface area contributed by atoms with Crippen LogP contribution in [0.2, 0.25) is 0 Å². The van der Waals surface area contributed by atoms with Gasteiger partial charge in [0.25, 0.3) is 0 Å². The molecule has 0 aromatic heterocycles. The van der Waals surface area contributed by atoms with Crippen LogP contribution in [0.25, 0.3) is 22.3 Å². The first-order valence-electron chi connectivity index (χ1n) is 21.2. The molecule has 6 aromatic rings. The van der Waals surface area contributed by atoms with Gasteiger partial charge in [0.2, 0.25) is 52.6 Å². The van der Waals surface area contributed by atoms with E-state index >= 15 is 0 Å². The van der Waals surface area contributed by atoms with Gasteiger partial charge >= 0.3 is 29.8 Å². The minimum Gasteiger partial charge on any atom is -0.504 e. The Balaban J connectivity index is 1.26. The van der Waals surface area contributed by atoms with Crippen LogP contribution in [-0.4, -0.2) is 159 Å². The molecule has 9 rings (SSSR count). The number of aromatic hydroxyl groups is 17. The second kappa shape index (κ2) is 18.1. The van der Waals surface area contributed by atoms with Crippen LogP contribution >= 0.6 is 0 Å². The standard InChI is InChI=1S/C47H32O30/c48-15-1-9(2-16(49)27(15)54)72-47-41-40(76-45(69)11-4-18(51)28(55)33(60)23(11)24-12(46(70)77-41)5-19(52)29(56)34(24)61)39-22(74-47)8-71-43(67)13-7-21(73-38-14(42(65)66)6-20(53)31(58)37(38)64)32(59)36(63)26(13)25-10(44(68)75-39)3-17(50)30(57)35(25)62/h1-7,22,39-41,47-64H,8H2,(H,65,66)/t22-,39-,40+,41-,47+/m1/s1. The fourth-order valence-corrected chi connectivity index (χ4v) is 8.39. The Kier molecular flexibility index (Phi) is 11.9. The van der Waals surface area contributed by atoms with Gasteiger partial charge in [0.15, 0.2) is 81.2 Å². The van der Waals surface area contributed by atoms with E-state index in [9.17, 15) is 116 Å². The van der Waals surface area contributed by atoms with E-state index in [2.05, 4.69) is 0 Å². The summed E-state index contributed by atoms with van der Waals surface area (Å²) >= 11 is 0. The largest absolute Gasteiger partial charge is 0.504 e. The van der Waals surface area contributed by atoms with Gasteiger partial charge in [-0.3, -0.25) is 0 Å². The Hall–Kier alpha value is -11.2. The lowest BCUT2D eigenvalue weighted by Crippen LogP contribution is -2.64. The molecular weight excluding hydrogens is 1040 g/mol. The van der Waals surface area contributed by atoms with Crippen molar-refractivity contribution in [2.75, 3.05) is 6.61 Å². The van der Waals surface area contributed by atoms with E-state index in [0.29, 0.717) is 42.5 Å². The first-order chi connectivity index (χ1) is 36.2. The van der Waals surface area contributed by atoms with E-state index in [1.165, 1.54) is 0 Å². The first-order valence-corrected chi connectivity index (χ1v) is 21.2. The highest BCUT2D eigenvalue weighted by Gasteiger charge is 2.56. The van der Waals surface area contributed by atoms with Crippen molar-refractivity contribution in [1.29, 1.82) is 0 Å². The van der Waals surface area contributed by atoms with Crippen LogP contribution in [0, 0.1) is 0 Å². The summed E-state index contributed by atoms with van der Waals surface area (Å²) in [5, 5.41) is 192. The second-order valence-electron chi connectivity index (χ2n) is 16.6. The lowest BCUT2D eigenvalue weighted by molar-refractivity contribution is -0.275. The summed E-state index contributed by atoms with van der Waals surface area (Å²) in [6, 6.07) is 3.23. The van der Waals surface area contributed by atoms with E-state index in [-0.39, 0.29) is 0 Å². The summed E-state index contributed by atoms with van der Waals surface area (Å²) in [5.74, 6) is -35.4. The lowest BCUT2D eigenvalue weighted by atomic mass is 9.91. The number of hydrogen-bond donors (Lipinski definition) is 18. The zero-order valence-electron chi connectivity index (χ0n) is 37.6. The molecule has 30 nitrogen and oxygen atoms in total. The molecular formula is C47H32O30. The molecule has 5 atom stereocenters. The third kappa shape index (κ3) is 8.09. The van der Waals surface area contributed by atoms with Gasteiger partial charge < -0.3 is 125 Å². The van der Waals surface area contributed by atoms with Crippen LogP contribution in [0.4, 0.5) is 0 Å². The highest BCUT2D eigenvalue weighted by Crippen LogP contribution is 2.57. The molecule has 400 valence electrons. The van der Waals surface area contributed by atoms with Crippen molar-refractivity contribution in [3.05, 3.63) is 70.3 Å². The molecule has 0 spiro atoms. The maximum atomic E-state index is 14.7. The van der Waals surface area contributed by atoms with E-state index in [1.807, 2.05) is 0 Å². The lowest BCUT2D eigenvalue weighted by Gasteiger charge is -2.44. The van der Waals surface area contributed by atoms with Crippen LogP contribution < -0.4 is 9.47 Å². The summed E-state index contributed by atoms with van der Waals surface area (Å²) in [4.78, 5) is 70.4. The summed E-state index contributed by atoms with van der Waals surface area (Å²) in [6.45, 7) is -1.33. The average Bonchev–Trinajstić information content (AvgIpc) is 3.52. The summed E-state index contributed by atoms with van der Waals surface area (Å²) in [5.41, 5.74) is -10.3. The number of aromatic carboxylic acids is 1. The van der Waals surface area contributed by atoms with Gasteiger partial charge in [0.1, 0.15) is 24.0 Å². The van der Waals surface area contributed by atoms with Crippen LogP contribution in [0.3, 0.4) is 0 Å². The average molecular weight is 1080 g/mol. The Labute approximate surface area is 423 Å². The molecule has 3 aliphatic heterocycles. The van der Waals surface area contributed by atoms with Crippen molar-refractivity contribution in [2.45, 2.75) is 30.7 Å². The van der Waals surface area contributed by atoms with E-state index in [0.717, 1.165) is 0 Å². The Bertz CT molecular complexity index is 3600. The van der Waals surface area contributed by atoms with Gasteiger partial charge in [-0.1, -0.05) is 0 Å². The van der Waals surface area contributed by atoms with Crippen molar-refractivity contribution >= 4 is 29.8 Å².